The van der Waals surface area contributed by atoms with E-state index in [-0.39, 0.29) is 17.4 Å². The topological polar surface area (TPSA) is 81.4 Å². The Labute approximate surface area is 170 Å². The lowest BCUT2D eigenvalue weighted by Crippen LogP contribution is -2.64. The summed E-state index contributed by atoms with van der Waals surface area (Å²) in [5.41, 5.74) is 2.75. The van der Waals surface area contributed by atoms with E-state index in [2.05, 4.69) is 6.07 Å². The smallest absolute Gasteiger partial charge is 0.244 e. The van der Waals surface area contributed by atoms with Crippen molar-refractivity contribution >= 4 is 10.0 Å². The first kappa shape index (κ1) is 19.3. The Morgan fingerprint density at radius 3 is 1.97 bits per heavy atom. The number of aliphatic hydroxyl groups is 1. The van der Waals surface area contributed by atoms with Crippen LogP contribution in [0.1, 0.15) is 11.5 Å². The summed E-state index contributed by atoms with van der Waals surface area (Å²) in [6, 6.07) is 26.2. The minimum atomic E-state index is -3.91. The summed E-state index contributed by atoms with van der Waals surface area (Å²) in [5, 5.41) is 19.6. The van der Waals surface area contributed by atoms with E-state index in [1.807, 2.05) is 60.7 Å². The molecule has 0 aliphatic carbocycles. The summed E-state index contributed by atoms with van der Waals surface area (Å²) in [7, 11) is -3.91. The average Bonchev–Trinajstić information content (AvgIpc) is 2.75. The predicted octanol–water partition coefficient (Wildman–Crippen LogP) is 3.39. The molecule has 0 radical (unpaired) electrons. The molecule has 1 aliphatic rings. The van der Waals surface area contributed by atoms with Crippen molar-refractivity contribution in [1.82, 2.24) is 4.31 Å². The molecule has 3 aromatic carbocycles. The number of sulfonamides is 1. The molecular formula is C23H20N2O3S. The van der Waals surface area contributed by atoms with Gasteiger partial charge in [-0.1, -0.05) is 72.8 Å². The van der Waals surface area contributed by atoms with Crippen molar-refractivity contribution in [2.24, 2.45) is 0 Å². The molecule has 0 amide bonds. The van der Waals surface area contributed by atoms with Crippen LogP contribution in [0.25, 0.3) is 11.1 Å². The molecule has 1 fully saturated rings. The van der Waals surface area contributed by atoms with Crippen molar-refractivity contribution in [2.45, 2.75) is 22.9 Å². The first-order valence-corrected chi connectivity index (χ1v) is 10.8. The van der Waals surface area contributed by atoms with Crippen LogP contribution in [0.2, 0.25) is 0 Å². The molecule has 29 heavy (non-hydrogen) atoms. The van der Waals surface area contributed by atoms with Crippen LogP contribution < -0.4 is 0 Å². The van der Waals surface area contributed by atoms with Gasteiger partial charge >= 0.3 is 0 Å². The van der Waals surface area contributed by atoms with Gasteiger partial charge in [0.1, 0.15) is 6.04 Å². The third-order valence-corrected chi connectivity index (χ3v) is 7.32. The number of aliphatic hydroxyl groups excluding tert-OH is 1. The summed E-state index contributed by atoms with van der Waals surface area (Å²) in [6.45, 7) is -0.348. The molecule has 0 unspecified atom stereocenters. The Kier molecular flexibility index (Phi) is 5.20. The van der Waals surface area contributed by atoms with Crippen LogP contribution in [-0.2, 0) is 10.0 Å². The number of nitrogens with zero attached hydrogens (tertiary/aromatic N) is 2. The fraction of sp³-hybridized carbons (Fsp3) is 0.174. The Hall–Kier alpha value is -2.98. The molecule has 3 atom stereocenters. The molecule has 0 aromatic heterocycles. The maximum atomic E-state index is 13.2. The van der Waals surface area contributed by atoms with Gasteiger partial charge in [0.15, 0.2) is 0 Å². The van der Waals surface area contributed by atoms with E-state index in [1.54, 1.807) is 24.3 Å². The monoisotopic (exact) mass is 404 g/mol. The highest BCUT2D eigenvalue weighted by Crippen LogP contribution is 2.43. The van der Waals surface area contributed by atoms with Crippen molar-refractivity contribution in [3.8, 4) is 17.2 Å². The molecule has 3 aromatic rings. The first-order chi connectivity index (χ1) is 14.1. The van der Waals surface area contributed by atoms with E-state index in [4.69, 9.17) is 0 Å². The first-order valence-electron chi connectivity index (χ1n) is 9.32. The maximum Gasteiger partial charge on any atom is 0.244 e. The largest absolute Gasteiger partial charge is 0.395 e. The predicted molar refractivity (Wildman–Crippen MR) is 110 cm³/mol. The molecule has 1 aliphatic heterocycles. The number of benzene rings is 3. The van der Waals surface area contributed by atoms with Crippen LogP contribution in [0.4, 0.5) is 0 Å². The second kappa shape index (κ2) is 7.80. The number of hydrogen-bond donors (Lipinski definition) is 1. The summed E-state index contributed by atoms with van der Waals surface area (Å²) in [4.78, 5) is 0.113. The molecular weight excluding hydrogens is 384 g/mol. The van der Waals surface area contributed by atoms with Crippen molar-refractivity contribution in [3.63, 3.8) is 0 Å². The third-order valence-electron chi connectivity index (χ3n) is 5.40. The minimum Gasteiger partial charge on any atom is -0.395 e. The number of nitriles is 1. The van der Waals surface area contributed by atoms with Crippen molar-refractivity contribution in [3.05, 3.63) is 90.5 Å². The highest BCUT2D eigenvalue weighted by molar-refractivity contribution is 7.89. The lowest BCUT2D eigenvalue weighted by atomic mass is 9.78. The summed E-state index contributed by atoms with van der Waals surface area (Å²) < 4.78 is 27.6. The summed E-state index contributed by atoms with van der Waals surface area (Å²) in [6.07, 6.45) is 0. The van der Waals surface area contributed by atoms with E-state index in [0.29, 0.717) is 0 Å². The van der Waals surface area contributed by atoms with Crippen molar-refractivity contribution in [1.29, 1.82) is 5.26 Å². The van der Waals surface area contributed by atoms with Gasteiger partial charge in [-0.3, -0.25) is 0 Å². The number of rotatable bonds is 5. The molecule has 1 saturated heterocycles. The van der Waals surface area contributed by atoms with Crippen molar-refractivity contribution in [2.75, 3.05) is 6.61 Å². The molecule has 1 N–H and O–H groups in total. The van der Waals surface area contributed by atoms with Crippen molar-refractivity contribution < 1.29 is 13.5 Å². The van der Waals surface area contributed by atoms with E-state index >= 15 is 0 Å². The fourth-order valence-electron chi connectivity index (χ4n) is 3.94. The standard InChI is InChI=1S/C23H20N2O3S/c24-15-21-23(19-9-5-2-6-10-19)22(16-26)25(21)29(27,28)20-13-11-18(12-14-20)17-7-3-1-4-8-17/h1-14,21-23,26H,16H2/t21-,22+,23+/m1/s1. The minimum absolute atomic E-state index is 0.113. The highest BCUT2D eigenvalue weighted by atomic mass is 32.2. The SMILES string of the molecule is N#C[C@@H]1[C@H](c2ccccc2)[C@H](CO)N1S(=O)(=O)c1ccc(-c2ccccc2)cc1. The van der Waals surface area contributed by atoms with E-state index < -0.39 is 22.1 Å². The van der Waals surface area contributed by atoms with Crippen LogP contribution in [-0.4, -0.2) is 36.5 Å². The van der Waals surface area contributed by atoms with Crippen LogP contribution in [0, 0.1) is 11.3 Å². The Morgan fingerprint density at radius 2 is 1.41 bits per heavy atom. The van der Waals surface area contributed by atoms with Gasteiger partial charge in [-0.25, -0.2) is 8.42 Å². The Morgan fingerprint density at radius 1 is 0.862 bits per heavy atom. The summed E-state index contributed by atoms with van der Waals surface area (Å²) >= 11 is 0. The molecule has 1 heterocycles. The average molecular weight is 404 g/mol. The zero-order valence-corrected chi connectivity index (χ0v) is 16.4. The third kappa shape index (κ3) is 3.34. The van der Waals surface area contributed by atoms with E-state index in [1.165, 1.54) is 0 Å². The van der Waals surface area contributed by atoms with Gasteiger partial charge in [0.2, 0.25) is 10.0 Å². The lowest BCUT2D eigenvalue weighted by Gasteiger charge is -2.50. The van der Waals surface area contributed by atoms with Gasteiger partial charge in [-0.15, -0.1) is 0 Å². The van der Waals surface area contributed by atoms with Gasteiger partial charge in [0.05, 0.1) is 23.6 Å². The van der Waals surface area contributed by atoms with Gasteiger partial charge in [-0.05, 0) is 28.8 Å². The molecule has 146 valence electrons. The zero-order chi connectivity index (χ0) is 20.4. The zero-order valence-electron chi connectivity index (χ0n) is 15.6. The second-order valence-corrected chi connectivity index (χ2v) is 8.83. The highest BCUT2D eigenvalue weighted by Gasteiger charge is 2.55. The van der Waals surface area contributed by atoms with Gasteiger partial charge in [0.25, 0.3) is 0 Å². The Balaban J connectivity index is 1.65. The molecule has 6 heteroatoms. The molecule has 0 bridgehead atoms. The van der Waals surface area contributed by atoms with Crippen LogP contribution in [0.5, 0.6) is 0 Å². The normalized spacial score (nSPS) is 21.9. The lowest BCUT2D eigenvalue weighted by molar-refractivity contribution is 0.0557. The second-order valence-electron chi connectivity index (χ2n) is 6.99. The van der Waals surface area contributed by atoms with Crippen LogP contribution in [0.15, 0.2) is 89.8 Å². The molecule has 5 nitrogen and oxygen atoms in total. The van der Waals surface area contributed by atoms with Gasteiger partial charge < -0.3 is 5.11 Å². The molecule has 0 saturated carbocycles. The quantitative estimate of drug-likeness (QED) is 0.707. The van der Waals surface area contributed by atoms with Gasteiger partial charge in [0, 0.05) is 5.92 Å². The van der Waals surface area contributed by atoms with E-state index in [0.717, 1.165) is 21.0 Å². The molecule has 0 spiro atoms. The van der Waals surface area contributed by atoms with Crippen LogP contribution >= 0.6 is 0 Å². The van der Waals surface area contributed by atoms with Gasteiger partial charge in [-0.2, -0.15) is 9.57 Å². The maximum absolute atomic E-state index is 13.2. The van der Waals surface area contributed by atoms with Crippen LogP contribution in [0.3, 0.4) is 0 Å². The molecule has 4 rings (SSSR count). The summed E-state index contributed by atoms with van der Waals surface area (Å²) in [5.74, 6) is -0.357. The number of hydrogen-bond acceptors (Lipinski definition) is 4. The fourth-order valence-corrected chi connectivity index (χ4v) is 5.70. The Bertz CT molecular complexity index is 1120. The van der Waals surface area contributed by atoms with E-state index in [9.17, 15) is 18.8 Å².